The number of alkyl halides is 3. The van der Waals surface area contributed by atoms with Crippen LogP contribution in [-0.2, 0) is 9.53 Å². The minimum atomic E-state index is -4.64. The van der Waals surface area contributed by atoms with Crippen molar-refractivity contribution in [3.63, 3.8) is 0 Å². The van der Waals surface area contributed by atoms with Gasteiger partial charge in [-0.2, -0.15) is 18.4 Å². The number of carbonyl (C=O) groups is 1. The van der Waals surface area contributed by atoms with Gasteiger partial charge in [0.25, 0.3) is 5.91 Å². The Balaban J connectivity index is 1.60. The number of nitrogens with one attached hydrogen (secondary N) is 2. The van der Waals surface area contributed by atoms with E-state index in [-0.39, 0.29) is 18.0 Å². The van der Waals surface area contributed by atoms with E-state index in [1.165, 1.54) is 29.4 Å². The van der Waals surface area contributed by atoms with Gasteiger partial charge in [0, 0.05) is 18.9 Å². The number of nitriles is 1. The molecule has 0 saturated carbocycles. The first kappa shape index (κ1) is 21.3. The molecule has 0 spiro atoms. The molecule has 2 N–H and O–H groups in total. The number of hydrogen-bond acceptors (Lipinski definition) is 7. The Morgan fingerprint density at radius 1 is 1.29 bits per heavy atom. The van der Waals surface area contributed by atoms with Crippen molar-refractivity contribution in [1.29, 1.82) is 5.26 Å². The van der Waals surface area contributed by atoms with Crippen LogP contribution in [0, 0.1) is 17.2 Å². The molecule has 164 valence electrons. The molecule has 2 aliphatic heterocycles. The second kappa shape index (κ2) is 8.64. The van der Waals surface area contributed by atoms with Crippen molar-refractivity contribution in [2.24, 2.45) is 5.92 Å². The van der Waals surface area contributed by atoms with Gasteiger partial charge in [0.05, 0.1) is 24.3 Å². The van der Waals surface area contributed by atoms with Crippen LogP contribution in [0.2, 0.25) is 0 Å². The Morgan fingerprint density at radius 3 is 2.74 bits per heavy atom. The van der Waals surface area contributed by atoms with Gasteiger partial charge in [0.2, 0.25) is 0 Å². The molecule has 2 fully saturated rings. The zero-order valence-electron chi connectivity index (χ0n) is 16.5. The molecule has 1 aromatic heterocycles. The summed E-state index contributed by atoms with van der Waals surface area (Å²) in [5.74, 6) is -0.324. The van der Waals surface area contributed by atoms with Crippen molar-refractivity contribution in [1.82, 2.24) is 20.6 Å². The third kappa shape index (κ3) is 4.55. The molecular formula is C20H21F3N6O2. The minimum absolute atomic E-state index is 0.0705. The lowest BCUT2D eigenvalue weighted by molar-refractivity contribution is -0.234. The van der Waals surface area contributed by atoms with Crippen molar-refractivity contribution in [2.45, 2.75) is 24.8 Å². The van der Waals surface area contributed by atoms with E-state index in [0.29, 0.717) is 23.3 Å². The van der Waals surface area contributed by atoms with Crippen LogP contribution in [0.4, 0.5) is 18.9 Å². The summed E-state index contributed by atoms with van der Waals surface area (Å²) < 4.78 is 45.9. The van der Waals surface area contributed by atoms with E-state index in [2.05, 4.69) is 20.6 Å². The van der Waals surface area contributed by atoms with Crippen LogP contribution in [-0.4, -0.2) is 67.0 Å². The number of hydrogen-bond donors (Lipinski definition) is 2. The molecule has 11 heteroatoms. The highest BCUT2D eigenvalue weighted by Gasteiger charge is 2.47. The highest BCUT2D eigenvalue weighted by molar-refractivity contribution is 5.92. The molecule has 2 saturated heterocycles. The average molecular weight is 434 g/mol. The van der Waals surface area contributed by atoms with Gasteiger partial charge in [-0.15, -0.1) is 0 Å². The predicted molar refractivity (Wildman–Crippen MR) is 105 cm³/mol. The lowest BCUT2D eigenvalue weighted by Gasteiger charge is -2.39. The lowest BCUT2D eigenvalue weighted by atomic mass is 10.1. The monoisotopic (exact) mass is 434 g/mol. The zero-order valence-corrected chi connectivity index (χ0v) is 16.5. The van der Waals surface area contributed by atoms with Crippen LogP contribution < -0.4 is 15.5 Å². The Labute approximate surface area is 176 Å². The van der Waals surface area contributed by atoms with E-state index in [1.807, 2.05) is 6.07 Å². The van der Waals surface area contributed by atoms with Crippen LogP contribution in [0.1, 0.15) is 12.0 Å². The molecule has 1 amide bonds. The second-order valence-corrected chi connectivity index (χ2v) is 7.66. The normalized spacial score (nSPS) is 24.2. The average Bonchev–Trinajstić information content (AvgIpc) is 3.29. The summed E-state index contributed by atoms with van der Waals surface area (Å²) >= 11 is 0. The molecule has 3 heterocycles. The fraction of sp³-hybridized carbons (Fsp3) is 0.500. The first-order chi connectivity index (χ1) is 14.9. The molecule has 8 nitrogen and oxygen atoms in total. The molecule has 3 atom stereocenters. The van der Waals surface area contributed by atoms with Crippen LogP contribution in [0.15, 0.2) is 24.5 Å². The highest BCUT2D eigenvalue weighted by atomic mass is 19.4. The topological polar surface area (TPSA) is 103 Å². The van der Waals surface area contributed by atoms with Crippen LogP contribution in [0.25, 0.3) is 11.0 Å². The van der Waals surface area contributed by atoms with Crippen molar-refractivity contribution in [2.75, 3.05) is 37.6 Å². The maximum atomic E-state index is 13.6. The number of ether oxygens (including phenoxy) is 1. The highest BCUT2D eigenvalue weighted by Crippen LogP contribution is 2.33. The summed E-state index contributed by atoms with van der Waals surface area (Å²) in [6.07, 6.45) is -4.34. The largest absolute Gasteiger partial charge is 0.416 e. The summed E-state index contributed by atoms with van der Waals surface area (Å²) in [5.41, 5.74) is 1.25. The third-order valence-electron chi connectivity index (χ3n) is 5.55. The molecular weight excluding hydrogens is 413 g/mol. The molecule has 2 aromatic rings. The van der Waals surface area contributed by atoms with E-state index in [1.54, 1.807) is 0 Å². The number of carbonyl (C=O) groups excluding carboxylic acids is 1. The lowest BCUT2D eigenvalue weighted by Crippen LogP contribution is -2.57. The molecule has 0 bridgehead atoms. The SMILES string of the molecule is N#Cc1ccc(N2CC(C(=O)NC[C@@H]3CCNC3)OC(C(F)(F)F)C2)c2nccnc12. The summed E-state index contributed by atoms with van der Waals surface area (Å²) in [5, 5.41) is 15.2. The molecule has 4 rings (SSSR count). The van der Waals surface area contributed by atoms with E-state index in [9.17, 15) is 23.2 Å². The van der Waals surface area contributed by atoms with Crippen molar-refractivity contribution in [3.05, 3.63) is 30.1 Å². The number of halogens is 3. The molecule has 0 radical (unpaired) electrons. The Kier molecular flexibility index (Phi) is 5.93. The predicted octanol–water partition coefficient (Wildman–Crippen LogP) is 1.36. The zero-order chi connectivity index (χ0) is 22.0. The van der Waals surface area contributed by atoms with Gasteiger partial charge in [-0.3, -0.25) is 14.8 Å². The number of aromatic nitrogens is 2. The van der Waals surface area contributed by atoms with Crippen molar-refractivity contribution >= 4 is 22.6 Å². The standard InChI is InChI=1S/C20H21F3N6O2/c21-20(22,23)16-11-29(10-15(31-16)19(30)28-9-12-3-4-25-8-12)14-2-1-13(7-24)17-18(14)27-6-5-26-17/h1-2,5-6,12,15-16,25H,3-4,8-11H2,(H,28,30)/t12-,15?,16?/m1/s1. The summed E-state index contributed by atoms with van der Waals surface area (Å²) in [6.45, 7) is 1.44. The molecule has 1 aromatic carbocycles. The minimum Gasteiger partial charge on any atom is -0.364 e. The molecule has 0 aliphatic carbocycles. The molecule has 31 heavy (non-hydrogen) atoms. The van der Waals surface area contributed by atoms with Gasteiger partial charge in [0.15, 0.2) is 12.2 Å². The van der Waals surface area contributed by atoms with Gasteiger partial charge < -0.3 is 20.3 Å². The number of rotatable bonds is 4. The van der Waals surface area contributed by atoms with Crippen LogP contribution in [0.3, 0.4) is 0 Å². The number of anilines is 1. The van der Waals surface area contributed by atoms with Crippen molar-refractivity contribution < 1.29 is 22.7 Å². The fourth-order valence-electron chi connectivity index (χ4n) is 3.92. The summed E-state index contributed by atoms with van der Waals surface area (Å²) in [7, 11) is 0. The Bertz CT molecular complexity index is 1000. The quantitative estimate of drug-likeness (QED) is 0.749. The number of amides is 1. The van der Waals surface area contributed by atoms with E-state index < -0.39 is 30.8 Å². The second-order valence-electron chi connectivity index (χ2n) is 7.66. The smallest absolute Gasteiger partial charge is 0.364 e. The first-order valence-corrected chi connectivity index (χ1v) is 9.96. The van der Waals surface area contributed by atoms with Gasteiger partial charge in [0.1, 0.15) is 17.1 Å². The van der Waals surface area contributed by atoms with Crippen molar-refractivity contribution in [3.8, 4) is 6.07 Å². The number of fused-ring (bicyclic) bond motifs is 1. The fourth-order valence-corrected chi connectivity index (χ4v) is 3.92. The van der Waals surface area contributed by atoms with Crippen LogP contribution >= 0.6 is 0 Å². The van der Waals surface area contributed by atoms with Gasteiger partial charge in [-0.25, -0.2) is 0 Å². The van der Waals surface area contributed by atoms with E-state index >= 15 is 0 Å². The number of benzene rings is 1. The number of nitrogens with zero attached hydrogens (tertiary/aromatic N) is 4. The molecule has 2 aliphatic rings. The van der Waals surface area contributed by atoms with Gasteiger partial charge in [-0.1, -0.05) is 0 Å². The van der Waals surface area contributed by atoms with Gasteiger partial charge >= 0.3 is 6.18 Å². The van der Waals surface area contributed by atoms with Gasteiger partial charge in [-0.05, 0) is 37.6 Å². The summed E-state index contributed by atoms with van der Waals surface area (Å²) in [6, 6.07) is 5.04. The van der Waals surface area contributed by atoms with E-state index in [4.69, 9.17) is 4.74 Å². The van der Waals surface area contributed by atoms with E-state index in [0.717, 1.165) is 19.5 Å². The Morgan fingerprint density at radius 2 is 2.06 bits per heavy atom. The first-order valence-electron chi connectivity index (χ1n) is 9.96. The molecule has 2 unspecified atom stereocenters. The maximum absolute atomic E-state index is 13.6. The third-order valence-corrected chi connectivity index (χ3v) is 5.55. The van der Waals surface area contributed by atoms with Crippen LogP contribution in [0.5, 0.6) is 0 Å². The maximum Gasteiger partial charge on any atom is 0.416 e. The summed E-state index contributed by atoms with van der Waals surface area (Å²) in [4.78, 5) is 22.5. The number of morpholine rings is 1. The Hall–Kier alpha value is -2.97.